The average molecular weight is 215 g/mol. The molecule has 1 aromatic heterocycles. The van der Waals surface area contributed by atoms with Crippen molar-refractivity contribution in [2.75, 3.05) is 11.9 Å². The van der Waals surface area contributed by atoms with E-state index in [1.807, 2.05) is 0 Å². The van der Waals surface area contributed by atoms with Gasteiger partial charge in [-0.05, 0) is 18.6 Å². The van der Waals surface area contributed by atoms with Gasteiger partial charge in [0.1, 0.15) is 5.82 Å². The molecular formula is C8H11ClN4O. The van der Waals surface area contributed by atoms with Crippen molar-refractivity contribution in [3.05, 3.63) is 17.3 Å². The van der Waals surface area contributed by atoms with Gasteiger partial charge < -0.3 is 11.1 Å². The molecule has 0 fully saturated rings. The van der Waals surface area contributed by atoms with Gasteiger partial charge in [-0.2, -0.15) is 0 Å². The first-order valence-corrected chi connectivity index (χ1v) is 4.57. The summed E-state index contributed by atoms with van der Waals surface area (Å²) in [4.78, 5) is 10.4. The van der Waals surface area contributed by atoms with Crippen LogP contribution in [0.2, 0.25) is 5.15 Å². The molecule has 0 bridgehead atoms. The molecule has 0 atom stereocenters. The number of primary amides is 1. The molecule has 0 spiro atoms. The molecule has 3 N–H and O–H groups in total. The van der Waals surface area contributed by atoms with E-state index >= 15 is 0 Å². The van der Waals surface area contributed by atoms with Crippen LogP contribution in [0.15, 0.2) is 12.1 Å². The van der Waals surface area contributed by atoms with Crippen LogP contribution in [0, 0.1) is 0 Å². The van der Waals surface area contributed by atoms with Crippen molar-refractivity contribution in [2.24, 2.45) is 5.73 Å². The summed E-state index contributed by atoms with van der Waals surface area (Å²) in [6.45, 7) is 0.638. The number of nitrogens with zero attached hydrogens (tertiary/aromatic N) is 2. The largest absolute Gasteiger partial charge is 0.370 e. The van der Waals surface area contributed by atoms with Gasteiger partial charge in [0.15, 0.2) is 5.15 Å². The molecular weight excluding hydrogens is 204 g/mol. The van der Waals surface area contributed by atoms with E-state index in [9.17, 15) is 4.79 Å². The van der Waals surface area contributed by atoms with Crippen molar-refractivity contribution >= 4 is 23.3 Å². The van der Waals surface area contributed by atoms with Gasteiger partial charge >= 0.3 is 0 Å². The molecule has 0 aromatic carbocycles. The highest BCUT2D eigenvalue weighted by Gasteiger charge is 1.96. The van der Waals surface area contributed by atoms with Gasteiger partial charge in [-0.3, -0.25) is 4.79 Å². The van der Waals surface area contributed by atoms with Gasteiger partial charge in [0.2, 0.25) is 5.91 Å². The second kappa shape index (κ2) is 5.39. The fraction of sp³-hybridized carbons (Fsp3) is 0.375. The number of amides is 1. The molecule has 0 unspecified atom stereocenters. The number of nitrogens with one attached hydrogen (secondary N) is 1. The Kier molecular flexibility index (Phi) is 4.12. The Morgan fingerprint density at radius 2 is 2.29 bits per heavy atom. The fourth-order valence-electron chi connectivity index (χ4n) is 0.889. The summed E-state index contributed by atoms with van der Waals surface area (Å²) >= 11 is 5.55. The maximum Gasteiger partial charge on any atom is 0.217 e. The highest BCUT2D eigenvalue weighted by Crippen LogP contribution is 2.05. The lowest BCUT2D eigenvalue weighted by Crippen LogP contribution is -2.13. The quantitative estimate of drug-likeness (QED) is 0.711. The molecule has 5 nitrogen and oxygen atoms in total. The Labute approximate surface area is 86.7 Å². The molecule has 14 heavy (non-hydrogen) atoms. The molecule has 0 aliphatic heterocycles. The lowest BCUT2D eigenvalue weighted by atomic mass is 10.3. The molecule has 1 amide bonds. The smallest absolute Gasteiger partial charge is 0.217 e. The number of hydrogen-bond acceptors (Lipinski definition) is 4. The van der Waals surface area contributed by atoms with E-state index < -0.39 is 0 Å². The predicted octanol–water partition coefficient (Wildman–Crippen LogP) is 0.807. The number of carbonyl (C=O) groups is 1. The molecule has 0 saturated heterocycles. The number of anilines is 1. The van der Waals surface area contributed by atoms with Gasteiger partial charge in [-0.25, -0.2) is 0 Å². The van der Waals surface area contributed by atoms with Crippen LogP contribution in [-0.4, -0.2) is 22.6 Å². The van der Waals surface area contributed by atoms with Crippen LogP contribution < -0.4 is 11.1 Å². The lowest BCUT2D eigenvalue weighted by Gasteiger charge is -2.02. The normalized spacial score (nSPS) is 9.79. The number of nitrogens with two attached hydrogens (primary N) is 1. The number of aromatic nitrogens is 2. The molecule has 6 heteroatoms. The summed E-state index contributed by atoms with van der Waals surface area (Å²) in [5.41, 5.74) is 4.98. The third-order valence-electron chi connectivity index (χ3n) is 1.54. The van der Waals surface area contributed by atoms with Crippen LogP contribution in [0.4, 0.5) is 5.82 Å². The van der Waals surface area contributed by atoms with Gasteiger partial charge in [0.05, 0.1) is 0 Å². The number of halogens is 1. The monoisotopic (exact) mass is 214 g/mol. The Hall–Kier alpha value is -1.36. The highest BCUT2D eigenvalue weighted by atomic mass is 35.5. The maximum atomic E-state index is 10.4. The molecule has 0 radical (unpaired) electrons. The van der Waals surface area contributed by atoms with Crippen molar-refractivity contribution in [1.29, 1.82) is 0 Å². The van der Waals surface area contributed by atoms with Crippen molar-refractivity contribution in [3.63, 3.8) is 0 Å². The lowest BCUT2D eigenvalue weighted by molar-refractivity contribution is -0.118. The van der Waals surface area contributed by atoms with Crippen molar-refractivity contribution in [3.8, 4) is 0 Å². The maximum absolute atomic E-state index is 10.4. The summed E-state index contributed by atoms with van der Waals surface area (Å²) in [5, 5.41) is 10.8. The SMILES string of the molecule is NC(=O)CCCNc1ccc(Cl)nn1. The minimum Gasteiger partial charge on any atom is -0.370 e. The molecule has 0 saturated carbocycles. The molecule has 1 rings (SSSR count). The van der Waals surface area contributed by atoms with Crippen LogP contribution in [0.25, 0.3) is 0 Å². The Morgan fingerprint density at radius 3 is 2.86 bits per heavy atom. The second-order valence-electron chi connectivity index (χ2n) is 2.74. The van der Waals surface area contributed by atoms with E-state index in [0.29, 0.717) is 30.4 Å². The zero-order chi connectivity index (χ0) is 10.4. The summed E-state index contributed by atoms with van der Waals surface area (Å²) in [6, 6.07) is 3.37. The van der Waals surface area contributed by atoms with Gasteiger partial charge in [-0.1, -0.05) is 11.6 Å². The number of rotatable bonds is 5. The van der Waals surface area contributed by atoms with Crippen molar-refractivity contribution < 1.29 is 4.79 Å². The number of carbonyl (C=O) groups excluding carboxylic acids is 1. The minimum atomic E-state index is -0.297. The Balaban J connectivity index is 2.25. The van der Waals surface area contributed by atoms with E-state index in [-0.39, 0.29) is 5.91 Å². The van der Waals surface area contributed by atoms with Crippen molar-refractivity contribution in [2.45, 2.75) is 12.8 Å². The third-order valence-corrected chi connectivity index (χ3v) is 1.74. The zero-order valence-corrected chi connectivity index (χ0v) is 8.29. The Morgan fingerprint density at radius 1 is 1.50 bits per heavy atom. The van der Waals surface area contributed by atoms with Crippen LogP contribution >= 0.6 is 11.6 Å². The molecule has 0 aliphatic carbocycles. The van der Waals surface area contributed by atoms with Crippen LogP contribution in [0.3, 0.4) is 0 Å². The van der Waals surface area contributed by atoms with Crippen LogP contribution in [0.5, 0.6) is 0 Å². The van der Waals surface area contributed by atoms with E-state index in [0.717, 1.165) is 0 Å². The summed E-state index contributed by atoms with van der Waals surface area (Å²) in [6.07, 6.45) is 1.05. The first kappa shape index (κ1) is 10.7. The molecule has 1 aromatic rings. The fourth-order valence-corrected chi connectivity index (χ4v) is 0.990. The zero-order valence-electron chi connectivity index (χ0n) is 7.53. The van der Waals surface area contributed by atoms with Crippen LogP contribution in [-0.2, 0) is 4.79 Å². The highest BCUT2D eigenvalue weighted by molar-refractivity contribution is 6.29. The van der Waals surface area contributed by atoms with E-state index in [1.54, 1.807) is 12.1 Å². The van der Waals surface area contributed by atoms with Crippen molar-refractivity contribution in [1.82, 2.24) is 10.2 Å². The molecule has 0 aliphatic rings. The number of hydrogen-bond donors (Lipinski definition) is 2. The second-order valence-corrected chi connectivity index (χ2v) is 3.13. The first-order chi connectivity index (χ1) is 6.68. The summed E-state index contributed by atoms with van der Waals surface area (Å²) in [7, 11) is 0. The third kappa shape index (κ3) is 4.04. The minimum absolute atomic E-state index is 0.297. The van der Waals surface area contributed by atoms with E-state index in [2.05, 4.69) is 15.5 Å². The summed E-state index contributed by atoms with van der Waals surface area (Å²) in [5.74, 6) is 0.341. The Bertz CT molecular complexity index is 301. The van der Waals surface area contributed by atoms with Crippen LogP contribution in [0.1, 0.15) is 12.8 Å². The van der Waals surface area contributed by atoms with Gasteiger partial charge in [-0.15, -0.1) is 10.2 Å². The van der Waals surface area contributed by atoms with Gasteiger partial charge in [0.25, 0.3) is 0 Å². The predicted molar refractivity (Wildman–Crippen MR) is 54.0 cm³/mol. The van der Waals surface area contributed by atoms with E-state index in [1.165, 1.54) is 0 Å². The molecule has 76 valence electrons. The average Bonchev–Trinajstić information content (AvgIpc) is 2.15. The van der Waals surface area contributed by atoms with E-state index in [4.69, 9.17) is 17.3 Å². The molecule has 1 heterocycles. The van der Waals surface area contributed by atoms with Gasteiger partial charge in [0, 0.05) is 13.0 Å². The summed E-state index contributed by atoms with van der Waals surface area (Å²) < 4.78 is 0. The first-order valence-electron chi connectivity index (χ1n) is 4.20. The standard InChI is InChI=1S/C8H11ClN4O/c9-6-3-4-8(13-12-6)11-5-1-2-7(10)14/h3-4H,1-2,5H2,(H2,10,14)(H,11,13). The topological polar surface area (TPSA) is 80.9 Å².